The molecule has 8 nitrogen and oxygen atoms in total. The highest BCUT2D eigenvalue weighted by Crippen LogP contribution is 1.96. The minimum Gasteiger partial charge on any atom is -0.479 e. The van der Waals surface area contributed by atoms with Crippen molar-refractivity contribution in [3.8, 4) is 0 Å². The van der Waals surface area contributed by atoms with Gasteiger partial charge >= 0.3 is 23.9 Å². The van der Waals surface area contributed by atoms with Gasteiger partial charge in [-0.25, -0.2) is 14.4 Å². The fourth-order valence-electron chi connectivity index (χ4n) is 0.898. The number of carboxylic acids is 1. The molecule has 0 saturated carbocycles. The minimum absolute atomic E-state index is 0.213. The highest BCUT2D eigenvalue weighted by molar-refractivity contribution is 5.80. The normalized spacial score (nSPS) is 9.53. The molecule has 0 bridgehead atoms. The van der Waals surface area contributed by atoms with Gasteiger partial charge in [-0.1, -0.05) is 13.3 Å². The number of ether oxygens (including phenoxy) is 3. The maximum absolute atomic E-state index is 11.0. The van der Waals surface area contributed by atoms with Crippen molar-refractivity contribution in [3.63, 3.8) is 0 Å². The van der Waals surface area contributed by atoms with Gasteiger partial charge in [-0.15, -0.1) is 0 Å². The molecular weight excluding hydrogens is 260 g/mol. The fraction of sp³-hybridized carbons (Fsp3) is 0.636. The first-order valence-corrected chi connectivity index (χ1v) is 5.64. The van der Waals surface area contributed by atoms with Crippen molar-refractivity contribution in [2.75, 3.05) is 19.8 Å². The second kappa shape index (κ2) is 9.86. The van der Waals surface area contributed by atoms with E-state index in [0.717, 1.165) is 6.42 Å². The van der Waals surface area contributed by atoms with Crippen LogP contribution in [0.1, 0.15) is 26.2 Å². The smallest absolute Gasteiger partial charge is 0.344 e. The highest BCUT2D eigenvalue weighted by Gasteiger charge is 2.12. The molecule has 19 heavy (non-hydrogen) atoms. The number of hydrogen-bond acceptors (Lipinski definition) is 7. The molecule has 0 unspecified atom stereocenters. The van der Waals surface area contributed by atoms with Crippen molar-refractivity contribution in [1.29, 1.82) is 0 Å². The summed E-state index contributed by atoms with van der Waals surface area (Å²) in [6.45, 7) is -0.208. The van der Waals surface area contributed by atoms with Crippen LogP contribution < -0.4 is 0 Å². The Kier molecular flexibility index (Phi) is 8.76. The van der Waals surface area contributed by atoms with Crippen LogP contribution in [0.4, 0.5) is 0 Å². The Labute approximate surface area is 109 Å². The minimum atomic E-state index is -1.32. The molecule has 0 aromatic rings. The van der Waals surface area contributed by atoms with E-state index in [1.54, 1.807) is 0 Å². The number of unbranched alkanes of at least 4 members (excludes halogenated alkanes) is 1. The summed E-state index contributed by atoms with van der Waals surface area (Å²) in [5, 5.41) is 8.21. The van der Waals surface area contributed by atoms with Crippen molar-refractivity contribution in [1.82, 2.24) is 0 Å². The van der Waals surface area contributed by atoms with Crippen molar-refractivity contribution in [2.45, 2.75) is 26.2 Å². The lowest BCUT2D eigenvalue weighted by Gasteiger charge is -2.05. The van der Waals surface area contributed by atoms with Crippen molar-refractivity contribution in [2.24, 2.45) is 0 Å². The first kappa shape index (κ1) is 16.9. The van der Waals surface area contributed by atoms with Gasteiger partial charge in [-0.05, 0) is 6.42 Å². The van der Waals surface area contributed by atoms with Gasteiger partial charge in [0.15, 0.2) is 19.8 Å². The molecule has 0 rings (SSSR count). The van der Waals surface area contributed by atoms with Crippen LogP contribution >= 0.6 is 0 Å². The molecule has 0 aliphatic carbocycles. The lowest BCUT2D eigenvalue weighted by atomic mass is 10.2. The largest absolute Gasteiger partial charge is 0.479 e. The third-order valence-corrected chi connectivity index (χ3v) is 1.79. The van der Waals surface area contributed by atoms with Crippen molar-refractivity contribution >= 4 is 23.9 Å². The summed E-state index contributed by atoms with van der Waals surface area (Å²) in [5.41, 5.74) is 0. The molecular formula is C11H16O8. The monoisotopic (exact) mass is 276 g/mol. The molecule has 0 aliphatic rings. The molecule has 0 aromatic carbocycles. The zero-order valence-corrected chi connectivity index (χ0v) is 10.5. The molecule has 1 N–H and O–H groups in total. The van der Waals surface area contributed by atoms with Crippen LogP contribution in [0.2, 0.25) is 0 Å². The molecule has 0 fully saturated rings. The van der Waals surface area contributed by atoms with Gasteiger partial charge in [0.2, 0.25) is 0 Å². The van der Waals surface area contributed by atoms with E-state index in [1.807, 2.05) is 6.92 Å². The summed E-state index contributed by atoms with van der Waals surface area (Å²) in [6, 6.07) is 0. The zero-order valence-electron chi connectivity index (χ0n) is 10.5. The van der Waals surface area contributed by atoms with E-state index in [2.05, 4.69) is 14.2 Å². The zero-order chi connectivity index (χ0) is 14.7. The number of carbonyl (C=O) groups excluding carboxylic acids is 3. The lowest BCUT2D eigenvalue weighted by molar-refractivity contribution is -0.167. The van der Waals surface area contributed by atoms with Gasteiger partial charge < -0.3 is 19.3 Å². The molecule has 0 spiro atoms. The van der Waals surface area contributed by atoms with E-state index >= 15 is 0 Å². The van der Waals surface area contributed by atoms with Crippen LogP contribution in [0.25, 0.3) is 0 Å². The van der Waals surface area contributed by atoms with E-state index in [1.165, 1.54) is 0 Å². The Morgan fingerprint density at radius 2 is 1.32 bits per heavy atom. The first-order chi connectivity index (χ1) is 8.95. The summed E-state index contributed by atoms with van der Waals surface area (Å²) in [5.74, 6) is -3.73. The van der Waals surface area contributed by atoms with Crippen LogP contribution in [-0.2, 0) is 33.4 Å². The summed E-state index contributed by atoms with van der Waals surface area (Å²) in [4.78, 5) is 43.0. The topological polar surface area (TPSA) is 116 Å². The van der Waals surface area contributed by atoms with E-state index in [9.17, 15) is 19.2 Å². The molecule has 0 amide bonds. The van der Waals surface area contributed by atoms with Crippen molar-refractivity contribution < 1.29 is 38.5 Å². The third kappa shape index (κ3) is 10.7. The Bertz CT molecular complexity index is 336. The van der Waals surface area contributed by atoms with E-state index in [4.69, 9.17) is 5.11 Å². The molecule has 0 saturated heterocycles. The summed E-state index contributed by atoms with van der Waals surface area (Å²) < 4.78 is 13.2. The van der Waals surface area contributed by atoms with Crippen LogP contribution in [-0.4, -0.2) is 48.8 Å². The van der Waals surface area contributed by atoms with Crippen LogP contribution in [0, 0.1) is 0 Å². The number of rotatable bonds is 9. The molecule has 0 aromatic heterocycles. The summed E-state index contributed by atoms with van der Waals surface area (Å²) >= 11 is 0. The van der Waals surface area contributed by atoms with Gasteiger partial charge in [0.1, 0.15) is 0 Å². The highest BCUT2D eigenvalue weighted by atomic mass is 16.6. The lowest BCUT2D eigenvalue weighted by Crippen LogP contribution is -2.22. The molecule has 0 radical (unpaired) electrons. The van der Waals surface area contributed by atoms with E-state index < -0.39 is 43.7 Å². The number of esters is 3. The number of carboxylic acid groups (broad SMARTS) is 1. The summed E-state index contributed by atoms with van der Waals surface area (Å²) in [7, 11) is 0. The average molecular weight is 276 g/mol. The standard InChI is InChI=1S/C11H16O8/c1-2-3-4-9(14)18-6-11(16)19-7-10(15)17-5-8(12)13/h2-7H2,1H3,(H,12,13). The van der Waals surface area contributed by atoms with Crippen LogP contribution in [0.5, 0.6) is 0 Å². The molecule has 8 heteroatoms. The van der Waals surface area contributed by atoms with Crippen molar-refractivity contribution in [3.05, 3.63) is 0 Å². The third-order valence-electron chi connectivity index (χ3n) is 1.79. The Morgan fingerprint density at radius 1 is 0.842 bits per heavy atom. The molecule has 108 valence electrons. The van der Waals surface area contributed by atoms with Gasteiger partial charge in [0, 0.05) is 6.42 Å². The summed E-state index contributed by atoms with van der Waals surface area (Å²) in [6.07, 6.45) is 1.70. The predicted molar refractivity (Wildman–Crippen MR) is 60.0 cm³/mol. The number of carbonyl (C=O) groups is 4. The molecule has 0 atom stereocenters. The Hall–Kier alpha value is -2.12. The van der Waals surface area contributed by atoms with Crippen LogP contribution in [0.3, 0.4) is 0 Å². The van der Waals surface area contributed by atoms with Gasteiger partial charge in [0.05, 0.1) is 0 Å². The Morgan fingerprint density at radius 3 is 1.79 bits per heavy atom. The van der Waals surface area contributed by atoms with Gasteiger partial charge in [-0.2, -0.15) is 0 Å². The second-order valence-corrected chi connectivity index (χ2v) is 3.48. The number of hydrogen-bond donors (Lipinski definition) is 1. The van der Waals surface area contributed by atoms with Crippen LogP contribution in [0.15, 0.2) is 0 Å². The van der Waals surface area contributed by atoms with E-state index in [-0.39, 0.29) is 6.42 Å². The predicted octanol–water partition coefficient (Wildman–Crippen LogP) is -0.109. The van der Waals surface area contributed by atoms with E-state index in [0.29, 0.717) is 6.42 Å². The fourth-order valence-corrected chi connectivity index (χ4v) is 0.898. The quantitative estimate of drug-likeness (QED) is 0.458. The first-order valence-electron chi connectivity index (χ1n) is 5.64. The SMILES string of the molecule is CCCCC(=O)OCC(=O)OCC(=O)OCC(=O)O. The van der Waals surface area contributed by atoms with Gasteiger partial charge in [0.25, 0.3) is 0 Å². The number of aliphatic carboxylic acids is 1. The van der Waals surface area contributed by atoms with Gasteiger partial charge in [-0.3, -0.25) is 4.79 Å². The maximum atomic E-state index is 11.0. The molecule has 0 heterocycles. The average Bonchev–Trinajstić information content (AvgIpc) is 2.37. The second-order valence-electron chi connectivity index (χ2n) is 3.48. The maximum Gasteiger partial charge on any atom is 0.344 e. The molecule has 0 aliphatic heterocycles. The Balaban J connectivity index is 3.66.